The number of aromatic nitrogens is 2. The number of aryl methyl sites for hydroxylation is 1. The van der Waals surface area contributed by atoms with E-state index in [1.807, 2.05) is 0 Å². The minimum Gasteiger partial charge on any atom is -0.350 e. The molecule has 3 rings (SSSR count). The maximum absolute atomic E-state index is 13.4. The van der Waals surface area contributed by atoms with Gasteiger partial charge in [-0.25, -0.2) is 8.78 Å². The third-order valence-corrected chi connectivity index (χ3v) is 3.84. The van der Waals surface area contributed by atoms with Gasteiger partial charge >= 0.3 is 0 Å². The van der Waals surface area contributed by atoms with Crippen molar-refractivity contribution in [1.29, 1.82) is 0 Å². The van der Waals surface area contributed by atoms with E-state index in [4.69, 9.17) is 0 Å². The van der Waals surface area contributed by atoms with Gasteiger partial charge in [0.25, 0.3) is 5.91 Å². The molecule has 0 atom stereocenters. The van der Waals surface area contributed by atoms with Crippen LogP contribution in [0.5, 0.6) is 0 Å². The Morgan fingerprint density at radius 2 is 1.80 bits per heavy atom. The molecule has 7 heteroatoms. The first kappa shape index (κ1) is 16.8. The van der Waals surface area contributed by atoms with Gasteiger partial charge in [0.05, 0.1) is 10.9 Å². The van der Waals surface area contributed by atoms with Crippen molar-refractivity contribution in [3.63, 3.8) is 0 Å². The van der Waals surface area contributed by atoms with Gasteiger partial charge in [0, 0.05) is 13.6 Å². The van der Waals surface area contributed by atoms with Crippen LogP contribution >= 0.6 is 0 Å². The van der Waals surface area contributed by atoms with Crippen molar-refractivity contribution in [2.75, 3.05) is 6.54 Å². The molecule has 0 bridgehead atoms. The van der Waals surface area contributed by atoms with Gasteiger partial charge in [-0.05, 0) is 42.3 Å². The SMILES string of the molecule is Cn1nc(C(=O)NCCc2ccc(F)cc2)c(=O)c2cc(F)ccc21. The zero-order valence-corrected chi connectivity index (χ0v) is 13.4. The Hall–Kier alpha value is -3.09. The summed E-state index contributed by atoms with van der Waals surface area (Å²) in [6, 6.07) is 9.68. The fraction of sp³-hybridized carbons (Fsp3) is 0.167. The van der Waals surface area contributed by atoms with Gasteiger partial charge in [-0.3, -0.25) is 14.3 Å². The summed E-state index contributed by atoms with van der Waals surface area (Å²) in [4.78, 5) is 24.6. The number of amides is 1. The van der Waals surface area contributed by atoms with E-state index < -0.39 is 17.2 Å². The first-order valence-electron chi connectivity index (χ1n) is 7.65. The number of rotatable bonds is 4. The topological polar surface area (TPSA) is 64.0 Å². The minimum absolute atomic E-state index is 0.0983. The Morgan fingerprint density at radius 3 is 2.52 bits per heavy atom. The standard InChI is InChI=1S/C18H15F2N3O2/c1-23-15-7-6-13(20)10-14(15)17(24)16(22-23)18(25)21-9-8-11-2-4-12(19)5-3-11/h2-7,10H,8-9H2,1H3,(H,21,25). The summed E-state index contributed by atoms with van der Waals surface area (Å²) in [5.74, 6) is -1.52. The predicted molar refractivity (Wildman–Crippen MR) is 89.4 cm³/mol. The van der Waals surface area contributed by atoms with Crippen LogP contribution in [-0.2, 0) is 13.5 Å². The Morgan fingerprint density at radius 1 is 1.12 bits per heavy atom. The molecule has 2 aromatic carbocycles. The highest BCUT2D eigenvalue weighted by Crippen LogP contribution is 2.11. The number of hydrogen-bond donors (Lipinski definition) is 1. The molecule has 0 aliphatic carbocycles. The lowest BCUT2D eigenvalue weighted by molar-refractivity contribution is 0.0946. The van der Waals surface area contributed by atoms with Crippen molar-refractivity contribution in [3.05, 3.63) is 75.6 Å². The fourth-order valence-electron chi connectivity index (χ4n) is 2.55. The van der Waals surface area contributed by atoms with Gasteiger partial charge in [0.1, 0.15) is 11.6 Å². The van der Waals surface area contributed by atoms with Crippen LogP contribution in [0.2, 0.25) is 0 Å². The monoisotopic (exact) mass is 343 g/mol. The van der Waals surface area contributed by atoms with Crippen LogP contribution in [0.15, 0.2) is 47.3 Å². The highest BCUT2D eigenvalue weighted by molar-refractivity contribution is 5.95. The van der Waals surface area contributed by atoms with Gasteiger partial charge in [-0.15, -0.1) is 0 Å². The van der Waals surface area contributed by atoms with Crippen molar-refractivity contribution in [2.24, 2.45) is 7.05 Å². The fourth-order valence-corrected chi connectivity index (χ4v) is 2.55. The highest BCUT2D eigenvalue weighted by atomic mass is 19.1. The second kappa shape index (κ2) is 6.80. The average Bonchev–Trinajstić information content (AvgIpc) is 2.59. The number of nitrogens with one attached hydrogen (secondary N) is 1. The molecule has 1 aromatic heterocycles. The molecule has 25 heavy (non-hydrogen) atoms. The second-order valence-electron chi connectivity index (χ2n) is 5.60. The number of hydrogen-bond acceptors (Lipinski definition) is 3. The van der Waals surface area contributed by atoms with Crippen LogP contribution in [0.3, 0.4) is 0 Å². The Kier molecular flexibility index (Phi) is 4.56. The molecule has 1 amide bonds. The molecule has 0 saturated carbocycles. The lowest BCUT2D eigenvalue weighted by Crippen LogP contribution is -2.33. The molecular weight excluding hydrogens is 328 g/mol. The van der Waals surface area contributed by atoms with E-state index in [1.54, 1.807) is 19.2 Å². The van der Waals surface area contributed by atoms with Crippen LogP contribution in [0.1, 0.15) is 16.1 Å². The number of fused-ring (bicyclic) bond motifs is 1. The summed E-state index contributed by atoms with van der Waals surface area (Å²) in [6.07, 6.45) is 0.481. The molecule has 0 aliphatic heterocycles. The van der Waals surface area contributed by atoms with Crippen molar-refractivity contribution >= 4 is 16.8 Å². The number of benzene rings is 2. The largest absolute Gasteiger partial charge is 0.350 e. The van der Waals surface area contributed by atoms with Gasteiger partial charge in [0.15, 0.2) is 5.69 Å². The maximum Gasteiger partial charge on any atom is 0.275 e. The summed E-state index contributed by atoms with van der Waals surface area (Å²) in [6.45, 7) is 0.260. The van der Waals surface area contributed by atoms with E-state index in [0.29, 0.717) is 11.9 Å². The molecule has 0 spiro atoms. The average molecular weight is 343 g/mol. The lowest BCUT2D eigenvalue weighted by Gasteiger charge is -2.08. The summed E-state index contributed by atoms with van der Waals surface area (Å²) < 4.78 is 27.6. The van der Waals surface area contributed by atoms with E-state index in [0.717, 1.165) is 11.6 Å². The van der Waals surface area contributed by atoms with Crippen molar-refractivity contribution < 1.29 is 13.6 Å². The van der Waals surface area contributed by atoms with E-state index in [-0.39, 0.29) is 23.4 Å². The number of carbonyl (C=O) groups excluding carboxylic acids is 1. The molecule has 128 valence electrons. The molecule has 5 nitrogen and oxygen atoms in total. The predicted octanol–water partition coefficient (Wildman–Crippen LogP) is 2.18. The highest BCUT2D eigenvalue weighted by Gasteiger charge is 2.16. The summed E-state index contributed by atoms with van der Waals surface area (Å²) in [5.41, 5.74) is 0.379. The van der Waals surface area contributed by atoms with E-state index in [9.17, 15) is 18.4 Å². The van der Waals surface area contributed by atoms with Crippen LogP contribution in [0, 0.1) is 11.6 Å². The summed E-state index contributed by atoms with van der Waals surface area (Å²) in [7, 11) is 1.58. The normalized spacial score (nSPS) is 10.8. The Labute approximate surface area is 141 Å². The van der Waals surface area contributed by atoms with Gasteiger partial charge < -0.3 is 5.32 Å². The van der Waals surface area contributed by atoms with E-state index >= 15 is 0 Å². The van der Waals surface area contributed by atoms with Crippen LogP contribution in [0.25, 0.3) is 10.9 Å². The van der Waals surface area contributed by atoms with Gasteiger partial charge in [0.2, 0.25) is 5.43 Å². The number of halogens is 2. The maximum atomic E-state index is 13.4. The molecule has 1 N–H and O–H groups in total. The van der Waals surface area contributed by atoms with Crippen molar-refractivity contribution in [2.45, 2.75) is 6.42 Å². The van der Waals surface area contributed by atoms with E-state index in [2.05, 4.69) is 10.4 Å². The third-order valence-electron chi connectivity index (χ3n) is 3.84. The molecule has 1 heterocycles. The number of carbonyl (C=O) groups is 1. The van der Waals surface area contributed by atoms with Crippen LogP contribution in [-0.4, -0.2) is 22.2 Å². The summed E-state index contributed by atoms with van der Waals surface area (Å²) >= 11 is 0. The van der Waals surface area contributed by atoms with Crippen molar-refractivity contribution in [1.82, 2.24) is 15.1 Å². The summed E-state index contributed by atoms with van der Waals surface area (Å²) in [5, 5.41) is 6.69. The Balaban J connectivity index is 1.79. The zero-order chi connectivity index (χ0) is 18.0. The first-order chi connectivity index (χ1) is 12.0. The molecule has 0 fully saturated rings. The second-order valence-corrected chi connectivity index (χ2v) is 5.60. The molecular formula is C18H15F2N3O2. The molecule has 0 unspecified atom stereocenters. The van der Waals surface area contributed by atoms with Gasteiger partial charge in [-0.2, -0.15) is 5.10 Å². The van der Waals surface area contributed by atoms with E-state index in [1.165, 1.54) is 28.9 Å². The molecule has 0 radical (unpaired) electrons. The number of nitrogens with zero attached hydrogens (tertiary/aromatic N) is 2. The van der Waals surface area contributed by atoms with Crippen LogP contribution < -0.4 is 10.7 Å². The molecule has 0 aliphatic rings. The first-order valence-corrected chi connectivity index (χ1v) is 7.65. The molecule has 0 saturated heterocycles. The quantitative estimate of drug-likeness (QED) is 0.790. The van der Waals surface area contributed by atoms with Gasteiger partial charge in [-0.1, -0.05) is 12.1 Å². The van der Waals surface area contributed by atoms with Crippen molar-refractivity contribution in [3.8, 4) is 0 Å². The Bertz CT molecular complexity index is 998. The smallest absolute Gasteiger partial charge is 0.275 e. The minimum atomic E-state index is -0.631. The van der Waals surface area contributed by atoms with Crippen LogP contribution in [0.4, 0.5) is 8.78 Å². The third kappa shape index (κ3) is 3.55. The molecule has 3 aromatic rings. The lowest BCUT2D eigenvalue weighted by atomic mass is 10.1. The zero-order valence-electron chi connectivity index (χ0n) is 13.4.